The highest BCUT2D eigenvalue weighted by molar-refractivity contribution is 6.04. The summed E-state index contributed by atoms with van der Waals surface area (Å²) in [6, 6.07) is 15.2. The molecule has 2 amide bonds. The van der Waals surface area contributed by atoms with E-state index in [0.29, 0.717) is 11.3 Å². The maximum Gasteiger partial charge on any atom is 0.260 e. The van der Waals surface area contributed by atoms with E-state index in [1.807, 2.05) is 29.2 Å². The molecule has 7 heteroatoms. The zero-order valence-electron chi connectivity index (χ0n) is 19.5. The molecule has 2 atom stereocenters. The number of nitrogens with one attached hydrogen (secondary N) is 1. The molecule has 2 saturated heterocycles. The molecular formula is C26H33N3O4. The van der Waals surface area contributed by atoms with Crippen molar-refractivity contribution < 1.29 is 19.1 Å². The lowest BCUT2D eigenvalue weighted by molar-refractivity contribution is -0.139. The van der Waals surface area contributed by atoms with Crippen molar-refractivity contribution in [1.29, 1.82) is 0 Å². The topological polar surface area (TPSA) is 71.1 Å². The van der Waals surface area contributed by atoms with Crippen LogP contribution in [0.2, 0.25) is 0 Å². The van der Waals surface area contributed by atoms with Crippen molar-refractivity contribution in [2.24, 2.45) is 0 Å². The van der Waals surface area contributed by atoms with Crippen LogP contribution in [0.4, 0.5) is 11.4 Å². The Morgan fingerprint density at radius 3 is 2.24 bits per heavy atom. The van der Waals surface area contributed by atoms with Crippen molar-refractivity contribution in [3.05, 3.63) is 54.1 Å². The average molecular weight is 452 g/mol. The fraction of sp³-hybridized carbons (Fsp3) is 0.462. The van der Waals surface area contributed by atoms with Crippen LogP contribution in [0.5, 0.6) is 5.75 Å². The first kappa shape index (κ1) is 23.1. The second-order valence-electron chi connectivity index (χ2n) is 8.84. The van der Waals surface area contributed by atoms with E-state index in [1.54, 1.807) is 24.3 Å². The standard InChI is InChI=1S/C26H33N3O4/c1-19-4-3-5-20(2)29(19)25(30)18-33-24-12-6-21(7-13-24)26(31)27-22-8-10-23(11-9-22)28-14-16-32-17-15-28/h6-13,19-20H,3-5,14-18H2,1-2H3,(H,27,31)/t19-,20-/m0/s1. The Morgan fingerprint density at radius 1 is 0.970 bits per heavy atom. The smallest absolute Gasteiger partial charge is 0.260 e. The second-order valence-corrected chi connectivity index (χ2v) is 8.84. The van der Waals surface area contributed by atoms with Crippen LogP contribution in [-0.2, 0) is 9.53 Å². The summed E-state index contributed by atoms with van der Waals surface area (Å²) in [6.07, 6.45) is 3.24. The molecule has 33 heavy (non-hydrogen) atoms. The van der Waals surface area contributed by atoms with Crippen molar-refractivity contribution in [2.75, 3.05) is 43.1 Å². The van der Waals surface area contributed by atoms with E-state index in [2.05, 4.69) is 24.1 Å². The SMILES string of the molecule is C[C@H]1CCC[C@H](C)N1C(=O)COc1ccc(C(=O)Nc2ccc(N3CCOCC3)cc2)cc1. The van der Waals surface area contributed by atoms with Gasteiger partial charge in [0.1, 0.15) is 5.75 Å². The van der Waals surface area contributed by atoms with E-state index in [9.17, 15) is 9.59 Å². The summed E-state index contributed by atoms with van der Waals surface area (Å²) < 4.78 is 11.1. The molecule has 2 aromatic rings. The van der Waals surface area contributed by atoms with Crippen molar-refractivity contribution in [2.45, 2.75) is 45.2 Å². The third kappa shape index (κ3) is 5.85. The third-order valence-electron chi connectivity index (χ3n) is 6.46. The lowest BCUT2D eigenvalue weighted by atomic mass is 9.97. The first-order valence-corrected chi connectivity index (χ1v) is 11.8. The van der Waals surface area contributed by atoms with Gasteiger partial charge in [-0.2, -0.15) is 0 Å². The molecule has 0 radical (unpaired) electrons. The number of morpholine rings is 1. The number of carbonyl (C=O) groups excluding carboxylic acids is 2. The Kier molecular flexibility index (Phi) is 7.50. The number of hydrogen-bond donors (Lipinski definition) is 1. The van der Waals surface area contributed by atoms with Crippen molar-refractivity contribution >= 4 is 23.2 Å². The number of rotatable bonds is 6. The normalized spacial score (nSPS) is 20.9. The molecule has 1 N–H and O–H groups in total. The molecule has 0 unspecified atom stereocenters. The number of benzene rings is 2. The third-order valence-corrected chi connectivity index (χ3v) is 6.46. The Balaban J connectivity index is 1.28. The quantitative estimate of drug-likeness (QED) is 0.720. The highest BCUT2D eigenvalue weighted by Gasteiger charge is 2.29. The van der Waals surface area contributed by atoms with Crippen LogP contribution in [0.15, 0.2) is 48.5 Å². The molecule has 0 aliphatic carbocycles. The van der Waals surface area contributed by atoms with E-state index in [1.165, 1.54) is 0 Å². The first-order valence-electron chi connectivity index (χ1n) is 11.8. The van der Waals surface area contributed by atoms with Gasteiger partial charge < -0.3 is 24.6 Å². The minimum absolute atomic E-state index is 0.00964. The summed E-state index contributed by atoms with van der Waals surface area (Å²) in [4.78, 5) is 29.4. The molecule has 2 aromatic carbocycles. The molecule has 2 aliphatic heterocycles. The monoisotopic (exact) mass is 451 g/mol. The van der Waals surface area contributed by atoms with Gasteiger partial charge in [-0.05, 0) is 81.6 Å². The van der Waals surface area contributed by atoms with E-state index >= 15 is 0 Å². The van der Waals surface area contributed by atoms with E-state index < -0.39 is 0 Å². The van der Waals surface area contributed by atoms with Gasteiger partial charge in [-0.3, -0.25) is 9.59 Å². The van der Waals surface area contributed by atoms with Crippen LogP contribution in [0.25, 0.3) is 0 Å². The van der Waals surface area contributed by atoms with Gasteiger partial charge in [0.05, 0.1) is 13.2 Å². The molecule has 2 heterocycles. The van der Waals surface area contributed by atoms with Crippen LogP contribution in [-0.4, -0.2) is 61.7 Å². The largest absolute Gasteiger partial charge is 0.484 e. The van der Waals surface area contributed by atoms with Crippen LogP contribution < -0.4 is 15.0 Å². The van der Waals surface area contributed by atoms with E-state index in [4.69, 9.17) is 9.47 Å². The van der Waals surface area contributed by atoms with Crippen molar-refractivity contribution in [3.63, 3.8) is 0 Å². The van der Waals surface area contributed by atoms with Gasteiger partial charge in [0.2, 0.25) is 0 Å². The zero-order chi connectivity index (χ0) is 23.2. The van der Waals surface area contributed by atoms with Crippen LogP contribution in [0.3, 0.4) is 0 Å². The molecule has 176 valence electrons. The summed E-state index contributed by atoms with van der Waals surface area (Å²) in [5.41, 5.74) is 2.40. The molecule has 7 nitrogen and oxygen atoms in total. The Morgan fingerprint density at radius 2 is 1.61 bits per heavy atom. The van der Waals surface area contributed by atoms with Gasteiger partial charge >= 0.3 is 0 Å². The summed E-state index contributed by atoms with van der Waals surface area (Å²) in [6.45, 7) is 7.43. The molecular weight excluding hydrogens is 418 g/mol. The predicted molar refractivity (Wildman–Crippen MR) is 129 cm³/mol. The van der Waals surface area contributed by atoms with Gasteiger partial charge in [0.25, 0.3) is 11.8 Å². The minimum atomic E-state index is -0.187. The Labute approximate surface area is 195 Å². The van der Waals surface area contributed by atoms with Gasteiger partial charge in [0.15, 0.2) is 6.61 Å². The number of hydrogen-bond acceptors (Lipinski definition) is 5. The highest BCUT2D eigenvalue weighted by Crippen LogP contribution is 2.23. The maximum atomic E-state index is 12.6. The second kappa shape index (κ2) is 10.7. The Bertz CT molecular complexity index is 929. The predicted octanol–water partition coefficient (Wildman–Crippen LogP) is 3.94. The summed E-state index contributed by atoms with van der Waals surface area (Å²) in [5, 5.41) is 2.93. The molecule has 2 aliphatic rings. The molecule has 0 bridgehead atoms. The number of piperidine rings is 1. The van der Waals surface area contributed by atoms with Gasteiger partial charge in [-0.25, -0.2) is 0 Å². The van der Waals surface area contributed by atoms with Crippen LogP contribution in [0.1, 0.15) is 43.5 Å². The summed E-state index contributed by atoms with van der Waals surface area (Å²) >= 11 is 0. The molecule has 2 fully saturated rings. The van der Waals surface area contributed by atoms with E-state index in [-0.39, 0.29) is 30.5 Å². The molecule has 0 saturated carbocycles. The summed E-state index contributed by atoms with van der Waals surface area (Å²) in [7, 11) is 0. The fourth-order valence-electron chi connectivity index (χ4n) is 4.62. The fourth-order valence-corrected chi connectivity index (χ4v) is 4.62. The van der Waals surface area contributed by atoms with Gasteiger partial charge in [-0.1, -0.05) is 0 Å². The number of carbonyl (C=O) groups is 2. The number of nitrogens with zero attached hydrogens (tertiary/aromatic N) is 2. The van der Waals surface area contributed by atoms with Crippen LogP contribution in [0, 0.1) is 0 Å². The highest BCUT2D eigenvalue weighted by atomic mass is 16.5. The lowest BCUT2D eigenvalue weighted by Crippen LogP contribution is -2.49. The van der Waals surface area contributed by atoms with Gasteiger partial charge in [0, 0.05) is 42.1 Å². The van der Waals surface area contributed by atoms with Crippen molar-refractivity contribution in [1.82, 2.24) is 4.90 Å². The van der Waals surface area contributed by atoms with Gasteiger partial charge in [-0.15, -0.1) is 0 Å². The number of likely N-dealkylation sites (tertiary alicyclic amines) is 1. The summed E-state index contributed by atoms with van der Waals surface area (Å²) in [5.74, 6) is 0.400. The van der Waals surface area contributed by atoms with Crippen molar-refractivity contribution in [3.8, 4) is 5.75 Å². The molecule has 4 rings (SSSR count). The van der Waals surface area contributed by atoms with Crippen LogP contribution >= 0.6 is 0 Å². The zero-order valence-corrected chi connectivity index (χ0v) is 19.5. The Hall–Kier alpha value is -3.06. The van der Waals surface area contributed by atoms with E-state index in [0.717, 1.165) is 56.9 Å². The number of ether oxygens (including phenoxy) is 2. The molecule has 0 aromatic heterocycles. The average Bonchev–Trinajstić information content (AvgIpc) is 2.84. The number of anilines is 2. The first-order chi connectivity index (χ1) is 16.0. The minimum Gasteiger partial charge on any atom is -0.484 e. The lowest BCUT2D eigenvalue weighted by Gasteiger charge is -2.38. The molecule has 0 spiro atoms. The maximum absolute atomic E-state index is 12.6. The number of amides is 2.